The topological polar surface area (TPSA) is 50.6 Å². The van der Waals surface area contributed by atoms with Gasteiger partial charge in [0.25, 0.3) is 5.56 Å². The zero-order valence-corrected chi connectivity index (χ0v) is 14.9. The average molecular weight is 342 g/mol. The van der Waals surface area contributed by atoms with Gasteiger partial charge in [0.2, 0.25) is 0 Å². The molecule has 2 saturated heterocycles. The highest BCUT2D eigenvalue weighted by Crippen LogP contribution is 2.30. The molecular formula is C19H26N4O2. The molecule has 2 aliphatic heterocycles. The fraction of sp³-hybridized carbons (Fsp3) is 0.579. The average Bonchev–Trinajstić information content (AvgIpc) is 3.12. The Morgan fingerprint density at radius 3 is 2.80 bits per heavy atom. The van der Waals surface area contributed by atoms with Crippen LogP contribution >= 0.6 is 0 Å². The first-order chi connectivity index (χ1) is 12.2. The van der Waals surface area contributed by atoms with Gasteiger partial charge in [-0.15, -0.1) is 0 Å². The molecule has 2 fully saturated rings. The summed E-state index contributed by atoms with van der Waals surface area (Å²) in [5, 5.41) is 0.701. The SMILES string of the molecule is Cn1c(C2CCCN2CCN2CCOCC2)nc2ccccc2c1=O. The van der Waals surface area contributed by atoms with Gasteiger partial charge in [-0.1, -0.05) is 12.1 Å². The molecule has 6 heteroatoms. The summed E-state index contributed by atoms with van der Waals surface area (Å²) in [6.45, 7) is 6.87. The summed E-state index contributed by atoms with van der Waals surface area (Å²) in [5.41, 5.74) is 0.862. The molecule has 134 valence electrons. The second kappa shape index (κ2) is 7.23. The van der Waals surface area contributed by atoms with Crippen LogP contribution in [0.25, 0.3) is 10.9 Å². The van der Waals surface area contributed by atoms with Crippen LogP contribution in [0.4, 0.5) is 0 Å². The number of aromatic nitrogens is 2. The largest absolute Gasteiger partial charge is 0.379 e. The number of morpholine rings is 1. The Kier molecular flexibility index (Phi) is 4.83. The Morgan fingerprint density at radius 1 is 1.16 bits per heavy atom. The molecular weight excluding hydrogens is 316 g/mol. The van der Waals surface area contributed by atoms with Crippen LogP contribution in [0.1, 0.15) is 24.7 Å². The lowest BCUT2D eigenvalue weighted by molar-refractivity contribution is 0.0324. The van der Waals surface area contributed by atoms with Crippen LogP contribution in [-0.2, 0) is 11.8 Å². The fourth-order valence-electron chi connectivity index (χ4n) is 4.01. The van der Waals surface area contributed by atoms with Crippen molar-refractivity contribution in [3.63, 3.8) is 0 Å². The normalized spacial score (nSPS) is 22.7. The summed E-state index contributed by atoms with van der Waals surface area (Å²) in [6, 6.07) is 7.88. The van der Waals surface area contributed by atoms with Crippen molar-refractivity contribution in [3.8, 4) is 0 Å². The number of likely N-dealkylation sites (tertiary alicyclic amines) is 1. The van der Waals surface area contributed by atoms with Crippen molar-refractivity contribution in [2.45, 2.75) is 18.9 Å². The van der Waals surface area contributed by atoms with Crippen LogP contribution in [0.3, 0.4) is 0 Å². The molecule has 0 spiro atoms. The number of ether oxygens (including phenoxy) is 1. The van der Waals surface area contributed by atoms with E-state index in [0.29, 0.717) is 5.39 Å². The lowest BCUT2D eigenvalue weighted by Gasteiger charge is -2.31. The number of hydrogen-bond acceptors (Lipinski definition) is 5. The monoisotopic (exact) mass is 342 g/mol. The molecule has 0 radical (unpaired) electrons. The van der Waals surface area contributed by atoms with E-state index >= 15 is 0 Å². The molecule has 2 aliphatic rings. The molecule has 2 aromatic rings. The van der Waals surface area contributed by atoms with Gasteiger partial charge in [-0.2, -0.15) is 0 Å². The lowest BCUT2D eigenvalue weighted by atomic mass is 10.1. The van der Waals surface area contributed by atoms with Crippen LogP contribution in [0, 0.1) is 0 Å². The van der Waals surface area contributed by atoms with E-state index in [1.165, 1.54) is 0 Å². The van der Waals surface area contributed by atoms with E-state index < -0.39 is 0 Å². The van der Waals surface area contributed by atoms with Crippen LogP contribution in [0.2, 0.25) is 0 Å². The summed E-state index contributed by atoms with van der Waals surface area (Å²) in [4.78, 5) is 22.5. The van der Waals surface area contributed by atoms with E-state index in [0.717, 1.165) is 70.1 Å². The lowest BCUT2D eigenvalue weighted by Crippen LogP contribution is -2.41. The van der Waals surface area contributed by atoms with Gasteiger partial charge in [0.1, 0.15) is 5.82 Å². The highest BCUT2D eigenvalue weighted by Gasteiger charge is 2.29. The van der Waals surface area contributed by atoms with Gasteiger partial charge < -0.3 is 4.74 Å². The third-order valence-corrected chi connectivity index (χ3v) is 5.49. The molecule has 0 saturated carbocycles. The molecule has 4 rings (SSSR count). The Bertz CT molecular complexity index is 798. The number of hydrogen-bond donors (Lipinski definition) is 0. The third kappa shape index (κ3) is 3.34. The smallest absolute Gasteiger partial charge is 0.261 e. The Labute approximate surface area is 148 Å². The first-order valence-electron chi connectivity index (χ1n) is 9.24. The summed E-state index contributed by atoms with van der Waals surface area (Å²) < 4.78 is 7.18. The summed E-state index contributed by atoms with van der Waals surface area (Å²) in [6.07, 6.45) is 2.23. The van der Waals surface area contributed by atoms with E-state index in [9.17, 15) is 4.79 Å². The van der Waals surface area contributed by atoms with E-state index in [1.54, 1.807) is 4.57 Å². The van der Waals surface area contributed by atoms with E-state index in [-0.39, 0.29) is 11.6 Å². The molecule has 1 aromatic heterocycles. The highest BCUT2D eigenvalue weighted by molar-refractivity contribution is 5.77. The maximum absolute atomic E-state index is 12.7. The molecule has 6 nitrogen and oxygen atoms in total. The van der Waals surface area contributed by atoms with Crippen molar-refractivity contribution in [2.24, 2.45) is 7.05 Å². The predicted octanol–water partition coefficient (Wildman–Crippen LogP) is 1.40. The van der Waals surface area contributed by atoms with Crippen LogP contribution < -0.4 is 5.56 Å². The second-order valence-corrected chi connectivity index (χ2v) is 7.00. The first kappa shape index (κ1) is 16.7. The number of rotatable bonds is 4. The van der Waals surface area contributed by atoms with Crippen molar-refractivity contribution in [3.05, 3.63) is 40.4 Å². The number of fused-ring (bicyclic) bond motifs is 1. The van der Waals surface area contributed by atoms with Gasteiger partial charge in [-0.05, 0) is 31.5 Å². The molecule has 0 amide bonds. The molecule has 1 aromatic carbocycles. The van der Waals surface area contributed by atoms with E-state index in [1.807, 2.05) is 31.3 Å². The Balaban J connectivity index is 1.56. The zero-order valence-electron chi connectivity index (χ0n) is 14.9. The summed E-state index contributed by atoms with van der Waals surface area (Å²) in [7, 11) is 1.86. The summed E-state index contributed by atoms with van der Waals surface area (Å²) in [5.74, 6) is 0.906. The molecule has 1 unspecified atom stereocenters. The standard InChI is InChI=1S/C19H26N4O2/c1-21-18(20-16-6-3-2-5-15(16)19(21)24)17-7-4-8-23(17)10-9-22-11-13-25-14-12-22/h2-3,5-6,17H,4,7-14H2,1H3. The summed E-state index contributed by atoms with van der Waals surface area (Å²) >= 11 is 0. The van der Waals surface area contributed by atoms with Crippen LogP contribution in [0.15, 0.2) is 29.1 Å². The Hall–Kier alpha value is -1.76. The number of nitrogens with zero attached hydrogens (tertiary/aromatic N) is 4. The second-order valence-electron chi connectivity index (χ2n) is 7.00. The van der Waals surface area contributed by atoms with E-state index in [2.05, 4.69) is 9.80 Å². The predicted molar refractivity (Wildman–Crippen MR) is 97.8 cm³/mol. The molecule has 1 atom stereocenters. The highest BCUT2D eigenvalue weighted by atomic mass is 16.5. The quantitative estimate of drug-likeness (QED) is 0.841. The van der Waals surface area contributed by atoms with Crippen molar-refractivity contribution in [1.29, 1.82) is 0 Å². The van der Waals surface area contributed by atoms with Crippen LogP contribution in [0.5, 0.6) is 0 Å². The molecule has 3 heterocycles. The van der Waals surface area contributed by atoms with Gasteiger partial charge in [0.15, 0.2) is 0 Å². The van der Waals surface area contributed by atoms with Gasteiger partial charge in [-0.25, -0.2) is 4.98 Å². The maximum Gasteiger partial charge on any atom is 0.261 e. The zero-order chi connectivity index (χ0) is 17.2. The van der Waals surface area contributed by atoms with E-state index in [4.69, 9.17) is 9.72 Å². The van der Waals surface area contributed by atoms with Crippen LogP contribution in [-0.4, -0.2) is 65.3 Å². The van der Waals surface area contributed by atoms with Gasteiger partial charge >= 0.3 is 0 Å². The van der Waals surface area contributed by atoms with Gasteiger partial charge in [0.05, 0.1) is 30.2 Å². The minimum atomic E-state index is 0.0561. The van der Waals surface area contributed by atoms with Gasteiger partial charge in [0, 0.05) is 33.2 Å². The number of para-hydroxylation sites is 1. The van der Waals surface area contributed by atoms with Gasteiger partial charge in [-0.3, -0.25) is 19.2 Å². The number of benzene rings is 1. The molecule has 0 bridgehead atoms. The third-order valence-electron chi connectivity index (χ3n) is 5.49. The first-order valence-corrected chi connectivity index (χ1v) is 9.24. The van der Waals surface area contributed by atoms with Crippen molar-refractivity contribution < 1.29 is 4.74 Å². The maximum atomic E-state index is 12.7. The minimum absolute atomic E-state index is 0.0561. The minimum Gasteiger partial charge on any atom is -0.379 e. The van der Waals surface area contributed by atoms with Crippen molar-refractivity contribution >= 4 is 10.9 Å². The molecule has 25 heavy (non-hydrogen) atoms. The fourth-order valence-corrected chi connectivity index (χ4v) is 4.01. The molecule has 0 aliphatic carbocycles. The molecule has 0 N–H and O–H groups in total. The van der Waals surface area contributed by atoms with Crippen molar-refractivity contribution in [1.82, 2.24) is 19.4 Å². The Morgan fingerprint density at radius 2 is 1.96 bits per heavy atom. The van der Waals surface area contributed by atoms with Crippen molar-refractivity contribution in [2.75, 3.05) is 45.9 Å².